The Balaban J connectivity index is 1.67. The summed E-state index contributed by atoms with van der Waals surface area (Å²) < 4.78 is 86.0. The fraction of sp³-hybridized carbons (Fsp3) is 0.192. The normalized spacial score (nSPS) is 17.2. The number of allylic oxidation sites excluding steroid dienone is 1. The van der Waals surface area contributed by atoms with E-state index in [9.17, 15) is 31.1 Å². The van der Waals surface area contributed by atoms with Gasteiger partial charge in [0.05, 0.1) is 17.0 Å². The van der Waals surface area contributed by atoms with Gasteiger partial charge in [-0.05, 0) is 84.1 Å². The SMILES string of the molecule is O=CC1/C(=C/c2cc(C(F)(F)F)cc(C(F)(F)F)c2)CCc2cc(Oc3ccc(Br)cc3)ccc21. The Morgan fingerprint density at radius 2 is 1.40 bits per heavy atom. The Bertz CT molecular complexity index is 1240. The average Bonchev–Trinajstić information content (AvgIpc) is 2.79. The maximum atomic E-state index is 13.2. The van der Waals surface area contributed by atoms with Gasteiger partial charge in [-0.3, -0.25) is 0 Å². The summed E-state index contributed by atoms with van der Waals surface area (Å²) in [5.41, 5.74) is -1.13. The van der Waals surface area contributed by atoms with Crippen LogP contribution in [0, 0.1) is 0 Å². The van der Waals surface area contributed by atoms with Crippen LogP contribution in [0.4, 0.5) is 26.3 Å². The Kier molecular flexibility index (Phi) is 6.81. The Hall–Kier alpha value is -3.07. The van der Waals surface area contributed by atoms with Gasteiger partial charge in [-0.15, -0.1) is 0 Å². The van der Waals surface area contributed by atoms with E-state index in [-0.39, 0.29) is 11.6 Å². The van der Waals surface area contributed by atoms with E-state index in [2.05, 4.69) is 15.9 Å². The molecule has 0 bridgehead atoms. The van der Waals surface area contributed by atoms with Crippen LogP contribution >= 0.6 is 15.9 Å². The van der Waals surface area contributed by atoms with Crippen molar-refractivity contribution >= 4 is 28.3 Å². The number of carbonyl (C=O) groups excluding carboxylic acids is 1. The van der Waals surface area contributed by atoms with Gasteiger partial charge in [0.25, 0.3) is 0 Å². The van der Waals surface area contributed by atoms with Crippen LogP contribution in [0.5, 0.6) is 11.5 Å². The largest absolute Gasteiger partial charge is 0.457 e. The van der Waals surface area contributed by atoms with Gasteiger partial charge in [-0.2, -0.15) is 26.3 Å². The molecule has 0 radical (unpaired) electrons. The molecule has 0 fully saturated rings. The zero-order valence-electron chi connectivity index (χ0n) is 17.9. The van der Waals surface area contributed by atoms with Crippen molar-refractivity contribution in [2.45, 2.75) is 31.1 Å². The van der Waals surface area contributed by atoms with Gasteiger partial charge >= 0.3 is 12.4 Å². The van der Waals surface area contributed by atoms with Crippen LogP contribution in [-0.2, 0) is 23.6 Å². The lowest BCUT2D eigenvalue weighted by atomic mass is 9.79. The molecule has 3 aromatic carbocycles. The van der Waals surface area contributed by atoms with Crippen LogP contribution in [0.2, 0.25) is 0 Å². The van der Waals surface area contributed by atoms with E-state index >= 15 is 0 Å². The predicted molar refractivity (Wildman–Crippen MR) is 122 cm³/mol. The highest BCUT2D eigenvalue weighted by Gasteiger charge is 2.37. The fourth-order valence-corrected chi connectivity index (χ4v) is 4.30. The molecule has 0 spiro atoms. The van der Waals surface area contributed by atoms with Crippen LogP contribution in [0.1, 0.15) is 40.2 Å². The Labute approximate surface area is 205 Å². The van der Waals surface area contributed by atoms with E-state index < -0.39 is 29.4 Å². The molecule has 0 N–H and O–H groups in total. The van der Waals surface area contributed by atoms with Gasteiger partial charge in [0.1, 0.15) is 17.8 Å². The molecule has 0 aromatic heterocycles. The van der Waals surface area contributed by atoms with Crippen LogP contribution < -0.4 is 4.74 Å². The summed E-state index contributed by atoms with van der Waals surface area (Å²) in [6, 6.07) is 13.8. The van der Waals surface area contributed by atoms with Crippen LogP contribution in [0.15, 0.2) is 70.7 Å². The van der Waals surface area contributed by atoms with Gasteiger partial charge in [0.2, 0.25) is 0 Å². The number of halogens is 7. The van der Waals surface area contributed by atoms with Crippen molar-refractivity contribution in [3.8, 4) is 11.5 Å². The van der Waals surface area contributed by atoms with Crippen molar-refractivity contribution in [1.29, 1.82) is 0 Å². The van der Waals surface area contributed by atoms with Crippen LogP contribution in [0.25, 0.3) is 6.08 Å². The second kappa shape index (κ2) is 9.53. The van der Waals surface area contributed by atoms with Gasteiger partial charge in [0, 0.05) is 4.47 Å². The number of benzene rings is 3. The van der Waals surface area contributed by atoms with E-state index in [4.69, 9.17) is 4.74 Å². The molecular formula is C26H17BrF6O2. The van der Waals surface area contributed by atoms with Gasteiger partial charge in [0.15, 0.2) is 0 Å². The minimum atomic E-state index is -4.94. The smallest absolute Gasteiger partial charge is 0.416 e. The number of hydrogen-bond acceptors (Lipinski definition) is 2. The first kappa shape index (κ1) is 25.0. The lowest BCUT2D eigenvalue weighted by Gasteiger charge is -2.25. The molecule has 1 atom stereocenters. The number of carbonyl (C=O) groups is 1. The predicted octanol–water partition coefficient (Wildman–Crippen LogP) is 8.59. The summed E-state index contributed by atoms with van der Waals surface area (Å²) in [4.78, 5) is 11.9. The molecule has 1 aliphatic carbocycles. The summed E-state index contributed by atoms with van der Waals surface area (Å²) in [7, 11) is 0. The standard InChI is InChI=1S/C26H17BrF6O2/c27-20-3-5-21(6-4-20)35-22-7-8-23-17(12-22)2-1-16(24(23)14-34)9-15-10-18(25(28,29)30)13-19(11-15)26(31,32)33/h3-14,24H,1-2H2/b16-9+. The Morgan fingerprint density at radius 1 is 0.800 bits per heavy atom. The van der Waals surface area contributed by atoms with E-state index in [1.807, 2.05) is 12.1 Å². The number of aryl methyl sites for hydroxylation is 1. The quantitative estimate of drug-likeness (QED) is 0.238. The molecule has 9 heteroatoms. The number of rotatable bonds is 4. The Morgan fingerprint density at radius 3 is 1.97 bits per heavy atom. The van der Waals surface area contributed by atoms with Crippen molar-refractivity contribution in [1.82, 2.24) is 0 Å². The summed E-state index contributed by atoms with van der Waals surface area (Å²) in [6.07, 6.45) is -7.23. The minimum Gasteiger partial charge on any atom is -0.457 e. The molecule has 35 heavy (non-hydrogen) atoms. The zero-order valence-corrected chi connectivity index (χ0v) is 19.5. The number of aldehydes is 1. The highest BCUT2D eigenvalue weighted by molar-refractivity contribution is 9.10. The number of hydrogen-bond donors (Lipinski definition) is 0. The minimum absolute atomic E-state index is 0.0857. The first-order valence-electron chi connectivity index (χ1n) is 10.5. The maximum absolute atomic E-state index is 13.2. The third-order valence-corrected chi connectivity index (χ3v) is 6.21. The van der Waals surface area contributed by atoms with E-state index in [0.717, 1.165) is 10.0 Å². The van der Waals surface area contributed by atoms with Gasteiger partial charge in [-0.25, -0.2) is 0 Å². The average molecular weight is 555 g/mol. The van der Waals surface area contributed by atoms with Crippen LogP contribution in [-0.4, -0.2) is 6.29 Å². The van der Waals surface area contributed by atoms with Crippen molar-refractivity contribution < 1.29 is 35.9 Å². The molecule has 2 nitrogen and oxygen atoms in total. The number of alkyl halides is 6. The molecule has 4 rings (SSSR count). The third-order valence-electron chi connectivity index (χ3n) is 5.68. The lowest BCUT2D eigenvalue weighted by molar-refractivity contribution is -0.143. The first-order chi connectivity index (χ1) is 16.4. The van der Waals surface area contributed by atoms with E-state index in [1.54, 1.807) is 30.3 Å². The van der Waals surface area contributed by atoms with Crippen molar-refractivity contribution in [2.24, 2.45) is 0 Å². The van der Waals surface area contributed by atoms with Gasteiger partial charge in [-0.1, -0.05) is 33.6 Å². The second-order valence-corrected chi connectivity index (χ2v) is 9.00. The molecule has 1 unspecified atom stereocenters. The summed E-state index contributed by atoms with van der Waals surface area (Å²) in [6.45, 7) is 0. The summed E-state index contributed by atoms with van der Waals surface area (Å²) in [5.74, 6) is 0.377. The molecule has 3 aromatic rings. The van der Waals surface area contributed by atoms with Crippen molar-refractivity contribution in [3.63, 3.8) is 0 Å². The van der Waals surface area contributed by atoms with Crippen molar-refractivity contribution in [3.05, 3.63) is 98.5 Å². The van der Waals surface area contributed by atoms with Gasteiger partial charge < -0.3 is 9.53 Å². The number of fused-ring (bicyclic) bond motifs is 1. The monoisotopic (exact) mass is 554 g/mol. The maximum Gasteiger partial charge on any atom is 0.416 e. The summed E-state index contributed by atoms with van der Waals surface area (Å²) >= 11 is 3.35. The van der Waals surface area contributed by atoms with Crippen molar-refractivity contribution in [2.75, 3.05) is 0 Å². The molecule has 0 amide bonds. The lowest BCUT2D eigenvalue weighted by Crippen LogP contribution is -2.14. The topological polar surface area (TPSA) is 26.3 Å². The molecule has 1 aliphatic rings. The number of ether oxygens (including phenoxy) is 1. The molecular weight excluding hydrogens is 538 g/mol. The third kappa shape index (κ3) is 5.78. The zero-order chi connectivity index (χ0) is 25.4. The van der Waals surface area contributed by atoms with E-state index in [1.165, 1.54) is 6.08 Å². The molecule has 0 heterocycles. The second-order valence-electron chi connectivity index (χ2n) is 8.09. The highest BCUT2D eigenvalue weighted by Crippen LogP contribution is 2.40. The fourth-order valence-electron chi connectivity index (χ4n) is 4.04. The molecule has 0 aliphatic heterocycles. The van der Waals surface area contributed by atoms with Crippen LogP contribution in [0.3, 0.4) is 0 Å². The molecule has 0 saturated carbocycles. The molecule has 182 valence electrons. The van der Waals surface area contributed by atoms with E-state index in [0.29, 0.717) is 53.9 Å². The highest BCUT2D eigenvalue weighted by atomic mass is 79.9. The summed E-state index contributed by atoms with van der Waals surface area (Å²) in [5, 5.41) is 0. The molecule has 0 saturated heterocycles. The first-order valence-corrected chi connectivity index (χ1v) is 11.2.